The summed E-state index contributed by atoms with van der Waals surface area (Å²) in [5.74, 6) is 1.23. The zero-order chi connectivity index (χ0) is 19.9. The molecule has 0 aromatic heterocycles. The van der Waals surface area contributed by atoms with Gasteiger partial charge in [0, 0.05) is 18.7 Å². The first-order valence-electron chi connectivity index (χ1n) is 9.10. The predicted molar refractivity (Wildman–Crippen MR) is 105 cm³/mol. The largest absolute Gasteiger partial charge is 0.493 e. The third-order valence-corrected chi connectivity index (χ3v) is 4.52. The molecule has 0 radical (unpaired) electrons. The summed E-state index contributed by atoms with van der Waals surface area (Å²) in [6.07, 6.45) is 0.633. The molecular formula is C21H24N2O5. The van der Waals surface area contributed by atoms with Crippen LogP contribution < -0.4 is 14.8 Å². The first kappa shape index (κ1) is 19.5. The molecule has 0 unspecified atom stereocenters. The number of amides is 2. The van der Waals surface area contributed by atoms with E-state index >= 15 is 0 Å². The number of rotatable bonds is 8. The highest BCUT2D eigenvalue weighted by molar-refractivity contribution is 5.90. The summed E-state index contributed by atoms with van der Waals surface area (Å²) < 4.78 is 15.5. The van der Waals surface area contributed by atoms with E-state index in [0.717, 1.165) is 11.1 Å². The van der Waals surface area contributed by atoms with E-state index in [-0.39, 0.29) is 12.0 Å². The molecule has 1 aliphatic heterocycles. The highest BCUT2D eigenvalue weighted by Crippen LogP contribution is 2.28. The highest BCUT2D eigenvalue weighted by atomic mass is 16.6. The number of nitrogens with zero attached hydrogens (tertiary/aromatic N) is 1. The van der Waals surface area contributed by atoms with Gasteiger partial charge in [0.2, 0.25) is 5.91 Å². The minimum Gasteiger partial charge on any atom is -0.493 e. The summed E-state index contributed by atoms with van der Waals surface area (Å²) in [7, 11) is 3.18. The first-order chi connectivity index (χ1) is 13.6. The number of hydrogen-bond acceptors (Lipinski definition) is 5. The van der Waals surface area contributed by atoms with Gasteiger partial charge in [0.15, 0.2) is 11.5 Å². The summed E-state index contributed by atoms with van der Waals surface area (Å²) in [5.41, 5.74) is 2.65. The maximum Gasteiger partial charge on any atom is 0.410 e. The minimum atomic E-state index is -0.302. The molecular weight excluding hydrogens is 360 g/mol. The number of benzene rings is 2. The van der Waals surface area contributed by atoms with Crippen molar-refractivity contribution in [1.29, 1.82) is 0 Å². The Balaban J connectivity index is 1.55. The zero-order valence-corrected chi connectivity index (χ0v) is 16.1. The first-order valence-corrected chi connectivity index (χ1v) is 9.10. The molecule has 2 amide bonds. The number of cyclic esters (lactones) is 1. The number of carbonyl (C=O) groups is 2. The monoisotopic (exact) mass is 384 g/mol. The Morgan fingerprint density at radius 2 is 1.93 bits per heavy atom. The van der Waals surface area contributed by atoms with E-state index in [1.165, 1.54) is 0 Å². The van der Waals surface area contributed by atoms with Gasteiger partial charge in [0.1, 0.15) is 6.61 Å². The molecule has 7 heteroatoms. The van der Waals surface area contributed by atoms with Crippen LogP contribution in [0, 0.1) is 0 Å². The van der Waals surface area contributed by atoms with Gasteiger partial charge in [-0.25, -0.2) is 4.79 Å². The molecule has 0 spiro atoms. The molecule has 2 aromatic carbocycles. The standard InChI is InChI=1S/C21H24N2O5/c1-26-18-8-6-15(13-19(18)27-2)7-9-20(24)22-17-5-3-4-16(12-17)14-23-10-11-28-21(23)25/h3-6,8,12-13H,7,9-11,14H2,1-2H3,(H,22,24). The van der Waals surface area contributed by atoms with Crippen molar-refractivity contribution >= 4 is 17.7 Å². The third-order valence-electron chi connectivity index (χ3n) is 4.52. The fourth-order valence-electron chi connectivity index (χ4n) is 3.05. The maximum atomic E-state index is 12.3. The van der Waals surface area contributed by atoms with Crippen LogP contribution in [0.15, 0.2) is 42.5 Å². The van der Waals surface area contributed by atoms with Crippen LogP contribution >= 0.6 is 0 Å². The van der Waals surface area contributed by atoms with Gasteiger partial charge in [-0.1, -0.05) is 18.2 Å². The fourth-order valence-corrected chi connectivity index (χ4v) is 3.05. The van der Waals surface area contributed by atoms with Gasteiger partial charge in [0.05, 0.1) is 20.8 Å². The van der Waals surface area contributed by atoms with Crippen molar-refractivity contribution in [3.63, 3.8) is 0 Å². The van der Waals surface area contributed by atoms with Gasteiger partial charge in [-0.15, -0.1) is 0 Å². The van der Waals surface area contributed by atoms with E-state index < -0.39 is 0 Å². The smallest absolute Gasteiger partial charge is 0.410 e. The Labute approximate surface area is 164 Å². The van der Waals surface area contributed by atoms with E-state index in [4.69, 9.17) is 14.2 Å². The van der Waals surface area contributed by atoms with Crippen molar-refractivity contribution in [3.8, 4) is 11.5 Å². The summed E-state index contributed by atoms with van der Waals surface area (Å²) in [6.45, 7) is 1.47. The molecule has 0 atom stereocenters. The Kier molecular flexibility index (Phi) is 6.37. The number of ether oxygens (including phenoxy) is 3. The van der Waals surface area contributed by atoms with Crippen molar-refractivity contribution in [3.05, 3.63) is 53.6 Å². The van der Waals surface area contributed by atoms with Gasteiger partial charge < -0.3 is 24.4 Å². The molecule has 1 heterocycles. The molecule has 0 aliphatic carbocycles. The lowest BCUT2D eigenvalue weighted by molar-refractivity contribution is -0.116. The number of aryl methyl sites for hydroxylation is 1. The van der Waals surface area contributed by atoms with Crippen LogP contribution in [0.3, 0.4) is 0 Å². The van der Waals surface area contributed by atoms with Crippen LogP contribution in [0.5, 0.6) is 11.5 Å². The Bertz CT molecular complexity index is 852. The Morgan fingerprint density at radius 1 is 1.11 bits per heavy atom. The summed E-state index contributed by atoms with van der Waals surface area (Å²) in [4.78, 5) is 25.5. The summed E-state index contributed by atoms with van der Waals surface area (Å²) in [6, 6.07) is 13.1. The number of anilines is 1. The van der Waals surface area contributed by atoms with E-state index in [0.29, 0.717) is 49.7 Å². The molecule has 7 nitrogen and oxygen atoms in total. The Morgan fingerprint density at radius 3 is 2.64 bits per heavy atom. The lowest BCUT2D eigenvalue weighted by atomic mass is 10.1. The average molecular weight is 384 g/mol. The van der Waals surface area contributed by atoms with Crippen LogP contribution in [0.4, 0.5) is 10.5 Å². The van der Waals surface area contributed by atoms with Crippen LogP contribution in [0.2, 0.25) is 0 Å². The van der Waals surface area contributed by atoms with Crippen molar-refractivity contribution in [2.45, 2.75) is 19.4 Å². The number of methoxy groups -OCH3 is 2. The number of hydrogen-bond donors (Lipinski definition) is 1. The van der Waals surface area contributed by atoms with Gasteiger partial charge in [-0.05, 0) is 41.8 Å². The Hall–Kier alpha value is -3.22. The SMILES string of the molecule is COc1ccc(CCC(=O)Nc2cccc(CN3CCOC3=O)c2)cc1OC. The minimum absolute atomic E-state index is 0.0764. The summed E-state index contributed by atoms with van der Waals surface area (Å²) >= 11 is 0. The van der Waals surface area contributed by atoms with Gasteiger partial charge in [-0.2, -0.15) is 0 Å². The lowest BCUT2D eigenvalue weighted by Gasteiger charge is -2.13. The van der Waals surface area contributed by atoms with Crippen LogP contribution in [-0.2, 0) is 22.5 Å². The predicted octanol–water partition coefficient (Wildman–Crippen LogP) is 3.23. The molecule has 1 N–H and O–H groups in total. The van der Waals surface area contributed by atoms with Gasteiger partial charge in [0.25, 0.3) is 0 Å². The van der Waals surface area contributed by atoms with Crippen LogP contribution in [-0.4, -0.2) is 44.3 Å². The molecule has 0 saturated carbocycles. The molecule has 0 bridgehead atoms. The zero-order valence-electron chi connectivity index (χ0n) is 16.1. The normalized spacial score (nSPS) is 13.2. The second-order valence-electron chi connectivity index (χ2n) is 6.47. The second kappa shape index (κ2) is 9.12. The van der Waals surface area contributed by atoms with Crippen LogP contribution in [0.1, 0.15) is 17.5 Å². The van der Waals surface area contributed by atoms with E-state index in [2.05, 4.69) is 5.32 Å². The van der Waals surface area contributed by atoms with Gasteiger partial charge >= 0.3 is 6.09 Å². The quantitative estimate of drug-likeness (QED) is 0.756. The number of carbonyl (C=O) groups excluding carboxylic acids is 2. The fraction of sp³-hybridized carbons (Fsp3) is 0.333. The van der Waals surface area contributed by atoms with E-state index in [9.17, 15) is 9.59 Å². The van der Waals surface area contributed by atoms with Crippen molar-refractivity contribution in [2.75, 3.05) is 32.7 Å². The average Bonchev–Trinajstić information content (AvgIpc) is 3.11. The summed E-state index contributed by atoms with van der Waals surface area (Å²) in [5, 5.41) is 2.91. The molecule has 1 fully saturated rings. The van der Waals surface area contributed by atoms with E-state index in [1.54, 1.807) is 19.1 Å². The third kappa shape index (κ3) is 4.94. The van der Waals surface area contributed by atoms with Crippen molar-refractivity contribution < 1.29 is 23.8 Å². The van der Waals surface area contributed by atoms with Crippen molar-refractivity contribution in [2.24, 2.45) is 0 Å². The molecule has 2 aromatic rings. The van der Waals surface area contributed by atoms with E-state index in [1.807, 2.05) is 42.5 Å². The molecule has 148 valence electrons. The maximum absolute atomic E-state index is 12.3. The lowest BCUT2D eigenvalue weighted by Crippen LogP contribution is -2.23. The van der Waals surface area contributed by atoms with Gasteiger partial charge in [-0.3, -0.25) is 4.79 Å². The molecule has 28 heavy (non-hydrogen) atoms. The highest BCUT2D eigenvalue weighted by Gasteiger charge is 2.21. The second-order valence-corrected chi connectivity index (χ2v) is 6.47. The van der Waals surface area contributed by atoms with Crippen LogP contribution in [0.25, 0.3) is 0 Å². The molecule has 1 aliphatic rings. The molecule has 1 saturated heterocycles. The number of nitrogens with one attached hydrogen (secondary N) is 1. The molecule has 3 rings (SSSR count). The topological polar surface area (TPSA) is 77.1 Å². The van der Waals surface area contributed by atoms with Crippen molar-refractivity contribution in [1.82, 2.24) is 4.90 Å².